The fourth-order valence-electron chi connectivity index (χ4n) is 4.93. The standard InChI is InChI=1S/C27H33FN4O4/c28-19-3-1-4-22(17-19)35-25-6-2-5-24-23(25)18-26(30-24)36-27(34)29-20-7-11-31(12-8-20)15-16-32-13-9-21(33)10-14-32/h1-6,17-18,20-21,30,33H,7-16H2,(H,29,34). The van der Waals surface area contributed by atoms with E-state index in [2.05, 4.69) is 20.1 Å². The number of aliphatic hydroxyl groups is 1. The van der Waals surface area contributed by atoms with Crippen LogP contribution in [0, 0.1) is 5.82 Å². The van der Waals surface area contributed by atoms with Crippen molar-refractivity contribution in [1.82, 2.24) is 20.1 Å². The molecule has 9 heteroatoms. The molecule has 2 fully saturated rings. The number of amides is 1. The molecule has 3 heterocycles. The second-order valence-electron chi connectivity index (χ2n) is 9.63. The van der Waals surface area contributed by atoms with Crippen LogP contribution in [0.4, 0.5) is 9.18 Å². The van der Waals surface area contributed by atoms with E-state index in [1.54, 1.807) is 24.3 Å². The molecule has 0 atom stereocenters. The van der Waals surface area contributed by atoms with Gasteiger partial charge in [-0.15, -0.1) is 0 Å². The summed E-state index contributed by atoms with van der Waals surface area (Å²) >= 11 is 0. The highest BCUT2D eigenvalue weighted by Crippen LogP contribution is 2.32. The van der Waals surface area contributed by atoms with Crippen LogP contribution in [0.3, 0.4) is 0 Å². The predicted molar refractivity (Wildman–Crippen MR) is 135 cm³/mol. The third-order valence-corrected chi connectivity index (χ3v) is 7.03. The smallest absolute Gasteiger partial charge is 0.414 e. The number of likely N-dealkylation sites (tertiary alicyclic amines) is 2. The van der Waals surface area contributed by atoms with Gasteiger partial charge in [-0.2, -0.15) is 0 Å². The highest BCUT2D eigenvalue weighted by molar-refractivity contribution is 5.88. The summed E-state index contributed by atoms with van der Waals surface area (Å²) in [6, 6.07) is 13.2. The van der Waals surface area contributed by atoms with Crippen molar-refractivity contribution in [2.24, 2.45) is 0 Å². The third-order valence-electron chi connectivity index (χ3n) is 7.03. The highest BCUT2D eigenvalue weighted by atomic mass is 19.1. The molecule has 192 valence electrons. The average molecular weight is 497 g/mol. The largest absolute Gasteiger partial charge is 0.457 e. The first-order valence-electron chi connectivity index (χ1n) is 12.7. The van der Waals surface area contributed by atoms with Crippen LogP contribution in [-0.4, -0.2) is 77.4 Å². The van der Waals surface area contributed by atoms with Gasteiger partial charge in [-0.1, -0.05) is 12.1 Å². The summed E-state index contributed by atoms with van der Waals surface area (Å²) in [5.74, 6) is 0.882. The number of hydrogen-bond donors (Lipinski definition) is 3. The number of benzene rings is 2. The number of nitrogens with zero attached hydrogens (tertiary/aromatic N) is 2. The van der Waals surface area contributed by atoms with Crippen LogP contribution in [-0.2, 0) is 0 Å². The molecule has 3 aromatic rings. The first kappa shape index (κ1) is 24.5. The zero-order valence-electron chi connectivity index (χ0n) is 20.3. The van der Waals surface area contributed by atoms with Crippen LogP contribution in [0.1, 0.15) is 25.7 Å². The van der Waals surface area contributed by atoms with Crippen molar-refractivity contribution in [1.29, 1.82) is 0 Å². The summed E-state index contributed by atoms with van der Waals surface area (Å²) in [6.45, 7) is 5.86. The molecule has 0 unspecified atom stereocenters. The molecule has 2 aliphatic rings. The maximum Gasteiger partial charge on any atom is 0.414 e. The van der Waals surface area contributed by atoms with Gasteiger partial charge in [-0.3, -0.25) is 0 Å². The topological polar surface area (TPSA) is 90.1 Å². The van der Waals surface area contributed by atoms with Crippen LogP contribution < -0.4 is 14.8 Å². The molecule has 0 radical (unpaired) electrons. The van der Waals surface area contributed by atoms with Gasteiger partial charge < -0.3 is 34.7 Å². The lowest BCUT2D eigenvalue weighted by Gasteiger charge is -2.35. The summed E-state index contributed by atoms with van der Waals surface area (Å²) in [6.07, 6.45) is 2.87. The average Bonchev–Trinajstić information content (AvgIpc) is 3.28. The van der Waals surface area contributed by atoms with Gasteiger partial charge in [-0.05, 0) is 49.9 Å². The fourth-order valence-corrected chi connectivity index (χ4v) is 4.93. The van der Waals surface area contributed by atoms with E-state index < -0.39 is 6.09 Å². The molecule has 2 aliphatic heterocycles. The van der Waals surface area contributed by atoms with Gasteiger partial charge in [0.25, 0.3) is 0 Å². The fraction of sp³-hybridized carbons (Fsp3) is 0.444. The van der Waals surface area contributed by atoms with Crippen molar-refractivity contribution >= 4 is 17.0 Å². The van der Waals surface area contributed by atoms with E-state index in [9.17, 15) is 14.3 Å². The van der Waals surface area contributed by atoms with Crippen molar-refractivity contribution in [2.45, 2.75) is 37.8 Å². The number of carbonyl (C=O) groups is 1. The van der Waals surface area contributed by atoms with Crippen molar-refractivity contribution in [3.63, 3.8) is 0 Å². The third kappa shape index (κ3) is 6.34. The minimum absolute atomic E-state index is 0.0788. The molecular formula is C27H33FN4O4. The Hall–Kier alpha value is -3.14. The monoisotopic (exact) mass is 496 g/mol. The molecule has 0 aliphatic carbocycles. The Balaban J connectivity index is 1.09. The number of aromatic nitrogens is 1. The van der Waals surface area contributed by atoms with E-state index in [0.717, 1.165) is 75.9 Å². The number of nitrogens with one attached hydrogen (secondary N) is 2. The van der Waals surface area contributed by atoms with Gasteiger partial charge in [0.05, 0.1) is 11.6 Å². The van der Waals surface area contributed by atoms with Crippen molar-refractivity contribution in [3.05, 3.63) is 54.3 Å². The van der Waals surface area contributed by atoms with Gasteiger partial charge in [0.15, 0.2) is 0 Å². The summed E-state index contributed by atoms with van der Waals surface area (Å²) in [5.41, 5.74) is 0.753. The number of halogens is 1. The molecular weight excluding hydrogens is 463 g/mol. The molecule has 8 nitrogen and oxygen atoms in total. The normalized spacial score (nSPS) is 18.4. The molecule has 1 amide bonds. The van der Waals surface area contributed by atoms with Crippen molar-refractivity contribution in [3.8, 4) is 17.4 Å². The Kier molecular flexibility index (Phi) is 7.69. The lowest BCUT2D eigenvalue weighted by atomic mass is 10.1. The number of aromatic amines is 1. The Bertz CT molecular complexity index is 1170. The second-order valence-corrected chi connectivity index (χ2v) is 9.63. The van der Waals surface area contributed by atoms with Crippen LogP contribution in [0.15, 0.2) is 48.5 Å². The van der Waals surface area contributed by atoms with Crippen LogP contribution >= 0.6 is 0 Å². The van der Waals surface area contributed by atoms with E-state index in [1.807, 2.05) is 12.1 Å². The number of H-pyrrole nitrogens is 1. The number of aliphatic hydroxyl groups excluding tert-OH is 1. The predicted octanol–water partition coefficient (Wildman–Crippen LogP) is 4.11. The van der Waals surface area contributed by atoms with E-state index in [0.29, 0.717) is 17.4 Å². The lowest BCUT2D eigenvalue weighted by Crippen LogP contribution is -2.47. The van der Waals surface area contributed by atoms with E-state index in [-0.39, 0.29) is 18.0 Å². The van der Waals surface area contributed by atoms with Crippen molar-refractivity contribution in [2.75, 3.05) is 39.3 Å². The molecule has 0 bridgehead atoms. The van der Waals surface area contributed by atoms with Crippen LogP contribution in [0.2, 0.25) is 0 Å². The molecule has 5 rings (SSSR count). The number of piperidine rings is 2. The minimum atomic E-state index is -0.487. The van der Waals surface area contributed by atoms with Gasteiger partial charge in [0, 0.05) is 62.8 Å². The number of fused-ring (bicyclic) bond motifs is 1. The summed E-state index contributed by atoms with van der Waals surface area (Å²) < 4.78 is 24.9. The summed E-state index contributed by atoms with van der Waals surface area (Å²) in [4.78, 5) is 20.5. The zero-order chi connectivity index (χ0) is 24.9. The minimum Gasteiger partial charge on any atom is -0.457 e. The number of carbonyl (C=O) groups excluding carboxylic acids is 1. The highest BCUT2D eigenvalue weighted by Gasteiger charge is 2.23. The molecule has 3 N–H and O–H groups in total. The Morgan fingerprint density at radius 3 is 2.42 bits per heavy atom. The number of ether oxygens (including phenoxy) is 2. The SMILES string of the molecule is O=C(NC1CCN(CCN2CCC(O)CC2)CC1)Oc1cc2c(Oc3cccc(F)c3)cccc2[nH]1. The number of hydrogen-bond acceptors (Lipinski definition) is 6. The molecule has 0 saturated carbocycles. The second kappa shape index (κ2) is 11.3. The quantitative estimate of drug-likeness (QED) is 0.456. The van der Waals surface area contributed by atoms with Gasteiger partial charge >= 0.3 is 6.09 Å². The molecule has 1 aromatic heterocycles. The summed E-state index contributed by atoms with van der Waals surface area (Å²) in [7, 11) is 0. The van der Waals surface area contributed by atoms with Gasteiger partial charge in [-0.25, -0.2) is 9.18 Å². The number of rotatable bonds is 7. The summed E-state index contributed by atoms with van der Waals surface area (Å²) in [5, 5.41) is 13.4. The molecule has 2 aromatic carbocycles. The maximum atomic E-state index is 13.5. The van der Waals surface area contributed by atoms with E-state index >= 15 is 0 Å². The van der Waals surface area contributed by atoms with Crippen LogP contribution in [0.5, 0.6) is 17.4 Å². The van der Waals surface area contributed by atoms with E-state index in [1.165, 1.54) is 12.1 Å². The Labute approximate surface area is 210 Å². The zero-order valence-corrected chi connectivity index (χ0v) is 20.3. The van der Waals surface area contributed by atoms with Crippen LogP contribution in [0.25, 0.3) is 10.9 Å². The van der Waals surface area contributed by atoms with E-state index in [4.69, 9.17) is 9.47 Å². The lowest BCUT2D eigenvalue weighted by molar-refractivity contribution is 0.0739. The molecule has 36 heavy (non-hydrogen) atoms. The Morgan fingerprint density at radius 2 is 1.69 bits per heavy atom. The van der Waals surface area contributed by atoms with Gasteiger partial charge in [0.2, 0.25) is 5.88 Å². The first-order chi connectivity index (χ1) is 17.5. The molecule has 0 spiro atoms. The maximum absolute atomic E-state index is 13.5. The molecule has 2 saturated heterocycles. The van der Waals surface area contributed by atoms with Crippen molar-refractivity contribution < 1.29 is 23.8 Å². The van der Waals surface area contributed by atoms with Gasteiger partial charge in [0.1, 0.15) is 17.3 Å². The first-order valence-corrected chi connectivity index (χ1v) is 12.7. The Morgan fingerprint density at radius 1 is 1.00 bits per heavy atom.